The Morgan fingerprint density at radius 2 is 2.00 bits per heavy atom. The second-order valence-electron chi connectivity index (χ2n) is 4.33. The lowest BCUT2D eigenvalue weighted by Gasteiger charge is -2.21. The molecule has 1 atom stereocenters. The van der Waals surface area contributed by atoms with E-state index in [4.69, 9.17) is 32.7 Å². The number of carbonyl (C=O) groups excluding carboxylic acids is 2. The number of ether oxygens (including phenoxy) is 2. The molecule has 5 nitrogen and oxygen atoms in total. The molecule has 0 aliphatic rings. The van der Waals surface area contributed by atoms with Crippen LogP contribution >= 0.6 is 23.2 Å². The van der Waals surface area contributed by atoms with E-state index in [1.807, 2.05) is 0 Å². The zero-order chi connectivity index (χ0) is 16.0. The molecule has 0 fully saturated rings. The first kappa shape index (κ1) is 17.6. The summed E-state index contributed by atoms with van der Waals surface area (Å²) in [6.07, 6.45) is -0.789. The van der Waals surface area contributed by atoms with Gasteiger partial charge in [0.25, 0.3) is 5.91 Å². The standard InChI is InChI=1S/C14H17Cl2NO4/c1-4-20-13(18)8-17(3)14(19)9(2)21-12-6-5-10(15)7-11(12)16/h5-7,9H,4,8H2,1-3H3. The van der Waals surface area contributed by atoms with Crippen LogP contribution in [0.2, 0.25) is 10.0 Å². The van der Waals surface area contributed by atoms with Crippen LogP contribution < -0.4 is 4.74 Å². The molecule has 0 N–H and O–H groups in total. The molecule has 1 unspecified atom stereocenters. The fraction of sp³-hybridized carbons (Fsp3) is 0.429. The van der Waals surface area contributed by atoms with E-state index >= 15 is 0 Å². The second kappa shape index (κ2) is 8.10. The largest absolute Gasteiger partial charge is 0.479 e. The van der Waals surface area contributed by atoms with Crippen LogP contribution in [0.3, 0.4) is 0 Å². The molecule has 1 aromatic carbocycles. The van der Waals surface area contributed by atoms with Crippen molar-refractivity contribution < 1.29 is 19.1 Å². The number of likely N-dealkylation sites (N-methyl/N-ethyl adjacent to an activating group) is 1. The first-order valence-corrected chi connectivity index (χ1v) is 7.13. The maximum absolute atomic E-state index is 12.1. The zero-order valence-corrected chi connectivity index (χ0v) is 13.6. The minimum Gasteiger partial charge on any atom is -0.479 e. The summed E-state index contributed by atoms with van der Waals surface area (Å²) in [5.41, 5.74) is 0. The first-order chi connectivity index (χ1) is 9.85. The van der Waals surface area contributed by atoms with E-state index in [1.54, 1.807) is 26.0 Å². The van der Waals surface area contributed by atoms with Gasteiger partial charge < -0.3 is 14.4 Å². The van der Waals surface area contributed by atoms with Crippen molar-refractivity contribution in [3.63, 3.8) is 0 Å². The molecule has 0 radical (unpaired) electrons. The van der Waals surface area contributed by atoms with Gasteiger partial charge in [-0.25, -0.2) is 0 Å². The third-order valence-corrected chi connectivity index (χ3v) is 3.12. The maximum atomic E-state index is 12.1. The maximum Gasteiger partial charge on any atom is 0.325 e. The van der Waals surface area contributed by atoms with Crippen LogP contribution in [-0.4, -0.2) is 43.1 Å². The van der Waals surface area contributed by atoms with E-state index in [0.29, 0.717) is 15.8 Å². The van der Waals surface area contributed by atoms with Gasteiger partial charge in [0.1, 0.15) is 12.3 Å². The Morgan fingerprint density at radius 3 is 2.57 bits per heavy atom. The van der Waals surface area contributed by atoms with Crippen LogP contribution in [0.1, 0.15) is 13.8 Å². The highest BCUT2D eigenvalue weighted by Gasteiger charge is 2.22. The third kappa shape index (κ3) is 5.44. The summed E-state index contributed by atoms with van der Waals surface area (Å²) in [7, 11) is 1.50. The summed E-state index contributed by atoms with van der Waals surface area (Å²) in [5.74, 6) is -0.467. The molecule has 0 bridgehead atoms. The number of hydrogen-bond acceptors (Lipinski definition) is 4. The van der Waals surface area contributed by atoms with E-state index in [-0.39, 0.29) is 19.1 Å². The smallest absolute Gasteiger partial charge is 0.325 e. The predicted molar refractivity (Wildman–Crippen MR) is 80.8 cm³/mol. The minimum absolute atomic E-state index is 0.130. The molecular weight excluding hydrogens is 317 g/mol. The molecule has 1 amide bonds. The Hall–Kier alpha value is -1.46. The number of esters is 1. The van der Waals surface area contributed by atoms with Crippen LogP contribution in [0.15, 0.2) is 18.2 Å². The van der Waals surface area contributed by atoms with Gasteiger partial charge in [-0.1, -0.05) is 23.2 Å². The van der Waals surface area contributed by atoms with Gasteiger partial charge in [-0.2, -0.15) is 0 Å². The molecule has 7 heteroatoms. The second-order valence-corrected chi connectivity index (χ2v) is 5.18. The van der Waals surface area contributed by atoms with Crippen molar-refractivity contribution in [2.24, 2.45) is 0 Å². The predicted octanol–water partition coefficient (Wildman–Crippen LogP) is 2.78. The van der Waals surface area contributed by atoms with Crippen LogP contribution in [-0.2, 0) is 14.3 Å². The molecule has 0 aromatic heterocycles. The van der Waals surface area contributed by atoms with Gasteiger partial charge >= 0.3 is 5.97 Å². The number of amides is 1. The summed E-state index contributed by atoms with van der Waals surface area (Å²) in [4.78, 5) is 24.7. The van der Waals surface area contributed by atoms with E-state index < -0.39 is 12.1 Å². The molecule has 0 saturated heterocycles. The van der Waals surface area contributed by atoms with Crippen molar-refractivity contribution in [2.75, 3.05) is 20.2 Å². The van der Waals surface area contributed by atoms with Gasteiger partial charge in [-0.15, -0.1) is 0 Å². The quantitative estimate of drug-likeness (QED) is 0.751. The average Bonchev–Trinajstić information content (AvgIpc) is 2.41. The van der Waals surface area contributed by atoms with Gasteiger partial charge in [0, 0.05) is 12.1 Å². The summed E-state index contributed by atoms with van der Waals surface area (Å²) < 4.78 is 10.3. The van der Waals surface area contributed by atoms with E-state index in [2.05, 4.69) is 0 Å². The number of benzene rings is 1. The lowest BCUT2D eigenvalue weighted by Crippen LogP contribution is -2.41. The Morgan fingerprint density at radius 1 is 1.33 bits per heavy atom. The molecule has 0 saturated carbocycles. The van der Waals surface area contributed by atoms with Crippen molar-refractivity contribution >= 4 is 35.1 Å². The number of rotatable bonds is 6. The zero-order valence-electron chi connectivity index (χ0n) is 12.1. The molecule has 116 valence electrons. The van der Waals surface area contributed by atoms with Gasteiger partial charge in [0.2, 0.25) is 0 Å². The number of halogens is 2. The van der Waals surface area contributed by atoms with Crippen molar-refractivity contribution in [1.29, 1.82) is 0 Å². The van der Waals surface area contributed by atoms with Gasteiger partial charge in [-0.3, -0.25) is 9.59 Å². The van der Waals surface area contributed by atoms with Crippen LogP contribution in [0.4, 0.5) is 0 Å². The topological polar surface area (TPSA) is 55.8 Å². The Labute approximate surface area is 133 Å². The highest BCUT2D eigenvalue weighted by atomic mass is 35.5. The van der Waals surface area contributed by atoms with Crippen LogP contribution in [0.5, 0.6) is 5.75 Å². The summed E-state index contributed by atoms with van der Waals surface area (Å²) >= 11 is 11.8. The van der Waals surface area contributed by atoms with Crippen molar-refractivity contribution in [1.82, 2.24) is 4.90 Å². The molecule has 21 heavy (non-hydrogen) atoms. The molecule has 0 aliphatic heterocycles. The first-order valence-electron chi connectivity index (χ1n) is 6.37. The SMILES string of the molecule is CCOC(=O)CN(C)C(=O)C(C)Oc1ccc(Cl)cc1Cl. The molecule has 0 heterocycles. The normalized spacial score (nSPS) is 11.7. The highest BCUT2D eigenvalue weighted by molar-refractivity contribution is 6.35. The highest BCUT2D eigenvalue weighted by Crippen LogP contribution is 2.28. The molecule has 1 rings (SSSR count). The average molecular weight is 334 g/mol. The van der Waals surface area contributed by atoms with Gasteiger partial charge in [-0.05, 0) is 32.0 Å². The Balaban J connectivity index is 2.63. The summed E-state index contributed by atoms with van der Waals surface area (Å²) in [6.45, 7) is 3.42. The fourth-order valence-electron chi connectivity index (χ4n) is 1.60. The molecule has 0 aliphatic carbocycles. The fourth-order valence-corrected chi connectivity index (χ4v) is 2.05. The monoisotopic (exact) mass is 333 g/mol. The number of hydrogen-bond donors (Lipinski definition) is 0. The summed E-state index contributed by atoms with van der Waals surface area (Å²) in [5, 5.41) is 0.793. The lowest BCUT2D eigenvalue weighted by molar-refractivity contribution is -0.150. The number of carbonyl (C=O) groups is 2. The third-order valence-electron chi connectivity index (χ3n) is 2.59. The van der Waals surface area contributed by atoms with Crippen molar-refractivity contribution in [3.05, 3.63) is 28.2 Å². The minimum atomic E-state index is -0.789. The van der Waals surface area contributed by atoms with Gasteiger partial charge in [0.05, 0.1) is 11.6 Å². The van der Waals surface area contributed by atoms with E-state index in [9.17, 15) is 9.59 Å². The lowest BCUT2D eigenvalue weighted by atomic mass is 10.3. The van der Waals surface area contributed by atoms with Crippen LogP contribution in [0.25, 0.3) is 0 Å². The molecular formula is C14H17Cl2NO4. The Bertz CT molecular complexity index is 522. The number of nitrogens with zero attached hydrogens (tertiary/aromatic N) is 1. The Kier molecular flexibility index (Phi) is 6.78. The van der Waals surface area contributed by atoms with Crippen molar-refractivity contribution in [3.8, 4) is 5.75 Å². The van der Waals surface area contributed by atoms with E-state index in [1.165, 1.54) is 18.0 Å². The molecule has 1 aromatic rings. The van der Waals surface area contributed by atoms with Gasteiger partial charge in [0.15, 0.2) is 6.10 Å². The van der Waals surface area contributed by atoms with Crippen LogP contribution in [0, 0.1) is 0 Å². The van der Waals surface area contributed by atoms with Crippen molar-refractivity contribution in [2.45, 2.75) is 20.0 Å². The van der Waals surface area contributed by atoms with E-state index in [0.717, 1.165) is 0 Å². The molecule has 0 spiro atoms. The summed E-state index contributed by atoms with van der Waals surface area (Å²) in [6, 6.07) is 4.72.